The summed E-state index contributed by atoms with van der Waals surface area (Å²) >= 11 is 0. The van der Waals surface area contributed by atoms with Gasteiger partial charge in [-0.15, -0.1) is 0 Å². The average Bonchev–Trinajstić information content (AvgIpc) is 2.42. The van der Waals surface area contributed by atoms with Gasteiger partial charge in [0.15, 0.2) is 0 Å². The lowest BCUT2D eigenvalue weighted by molar-refractivity contribution is 0.0697. The van der Waals surface area contributed by atoms with E-state index in [4.69, 9.17) is 5.11 Å². The average molecular weight is 263 g/mol. The molecular weight excluding hydrogens is 238 g/mol. The minimum absolute atomic E-state index is 0.344. The molecule has 1 unspecified atom stereocenters. The van der Waals surface area contributed by atoms with E-state index in [1.807, 2.05) is 12.1 Å². The Balaban J connectivity index is 2.25. The SMILES string of the molecule is CCCCCCC(C)NCc1ccc(C(=O)O)cc1. The second-order valence-electron chi connectivity index (χ2n) is 5.13. The number of carboxylic acids is 1. The quantitative estimate of drug-likeness (QED) is 0.666. The van der Waals surface area contributed by atoms with Gasteiger partial charge in [-0.3, -0.25) is 0 Å². The number of nitrogens with one attached hydrogen (secondary N) is 1. The molecule has 2 N–H and O–H groups in total. The highest BCUT2D eigenvalue weighted by Gasteiger charge is 2.03. The number of benzene rings is 1. The van der Waals surface area contributed by atoms with E-state index in [0.29, 0.717) is 11.6 Å². The van der Waals surface area contributed by atoms with Crippen LogP contribution in [0.2, 0.25) is 0 Å². The first kappa shape index (κ1) is 15.7. The van der Waals surface area contributed by atoms with Crippen LogP contribution in [0.4, 0.5) is 0 Å². The van der Waals surface area contributed by atoms with Crippen LogP contribution in [-0.4, -0.2) is 17.1 Å². The lowest BCUT2D eigenvalue weighted by Crippen LogP contribution is -2.25. The van der Waals surface area contributed by atoms with Crippen LogP contribution in [0, 0.1) is 0 Å². The molecule has 0 fully saturated rings. The van der Waals surface area contributed by atoms with E-state index in [1.165, 1.54) is 32.1 Å². The molecule has 0 amide bonds. The molecule has 0 aliphatic rings. The molecule has 0 radical (unpaired) electrons. The summed E-state index contributed by atoms with van der Waals surface area (Å²) in [5, 5.41) is 12.3. The Morgan fingerprint density at radius 2 is 1.89 bits per heavy atom. The first-order valence-electron chi connectivity index (χ1n) is 7.19. The number of hydrogen-bond donors (Lipinski definition) is 2. The molecular formula is C16H25NO2. The maximum atomic E-state index is 10.7. The summed E-state index contributed by atoms with van der Waals surface area (Å²) in [7, 11) is 0. The summed E-state index contributed by atoms with van der Waals surface area (Å²) in [5.41, 5.74) is 1.47. The Hall–Kier alpha value is -1.35. The van der Waals surface area contributed by atoms with Gasteiger partial charge in [0.25, 0.3) is 0 Å². The topological polar surface area (TPSA) is 49.3 Å². The number of carbonyl (C=O) groups is 1. The van der Waals surface area contributed by atoms with Gasteiger partial charge in [0, 0.05) is 12.6 Å². The lowest BCUT2D eigenvalue weighted by Gasteiger charge is -2.13. The zero-order valence-corrected chi connectivity index (χ0v) is 12.0. The summed E-state index contributed by atoms with van der Waals surface area (Å²) in [6, 6.07) is 7.58. The van der Waals surface area contributed by atoms with Crippen LogP contribution in [0.25, 0.3) is 0 Å². The van der Waals surface area contributed by atoms with E-state index in [1.54, 1.807) is 12.1 Å². The molecule has 0 aliphatic heterocycles. The van der Waals surface area contributed by atoms with Gasteiger partial charge in [-0.1, -0.05) is 44.7 Å². The highest BCUT2D eigenvalue weighted by molar-refractivity contribution is 5.87. The van der Waals surface area contributed by atoms with Crippen LogP contribution in [0.15, 0.2) is 24.3 Å². The fourth-order valence-corrected chi connectivity index (χ4v) is 2.04. The Kier molecular flexibility index (Phi) is 7.19. The molecule has 0 aromatic heterocycles. The van der Waals surface area contributed by atoms with Gasteiger partial charge < -0.3 is 10.4 Å². The zero-order chi connectivity index (χ0) is 14.1. The Bertz CT molecular complexity index is 373. The van der Waals surface area contributed by atoms with Gasteiger partial charge >= 0.3 is 5.97 Å². The highest BCUT2D eigenvalue weighted by Crippen LogP contribution is 2.07. The molecule has 0 spiro atoms. The second kappa shape index (κ2) is 8.70. The smallest absolute Gasteiger partial charge is 0.335 e. The Labute approximate surface area is 116 Å². The Morgan fingerprint density at radius 1 is 1.21 bits per heavy atom. The molecule has 3 heteroatoms. The highest BCUT2D eigenvalue weighted by atomic mass is 16.4. The van der Waals surface area contributed by atoms with Crippen molar-refractivity contribution in [3.05, 3.63) is 35.4 Å². The molecule has 3 nitrogen and oxygen atoms in total. The van der Waals surface area contributed by atoms with E-state index in [0.717, 1.165) is 12.1 Å². The predicted octanol–water partition coefficient (Wildman–Crippen LogP) is 3.83. The minimum atomic E-state index is -0.871. The lowest BCUT2D eigenvalue weighted by atomic mass is 10.1. The zero-order valence-electron chi connectivity index (χ0n) is 12.0. The largest absolute Gasteiger partial charge is 0.478 e. The van der Waals surface area contributed by atoms with Crippen molar-refractivity contribution in [2.24, 2.45) is 0 Å². The Morgan fingerprint density at radius 3 is 2.47 bits per heavy atom. The van der Waals surface area contributed by atoms with Crippen molar-refractivity contribution < 1.29 is 9.90 Å². The van der Waals surface area contributed by atoms with Crippen molar-refractivity contribution in [2.75, 3.05) is 0 Å². The molecule has 0 heterocycles. The minimum Gasteiger partial charge on any atom is -0.478 e. The molecule has 1 aromatic carbocycles. The summed E-state index contributed by atoms with van der Waals surface area (Å²) in [5.74, 6) is -0.871. The van der Waals surface area contributed by atoms with Gasteiger partial charge in [-0.05, 0) is 31.0 Å². The van der Waals surface area contributed by atoms with E-state index < -0.39 is 5.97 Å². The van der Waals surface area contributed by atoms with E-state index in [9.17, 15) is 4.79 Å². The fraction of sp³-hybridized carbons (Fsp3) is 0.562. The fourth-order valence-electron chi connectivity index (χ4n) is 2.04. The molecule has 0 saturated carbocycles. The number of aromatic carboxylic acids is 1. The van der Waals surface area contributed by atoms with Crippen molar-refractivity contribution >= 4 is 5.97 Å². The standard InChI is InChI=1S/C16H25NO2/c1-3-4-5-6-7-13(2)17-12-14-8-10-15(11-9-14)16(18)19/h8-11,13,17H,3-7,12H2,1-2H3,(H,18,19). The van der Waals surface area contributed by atoms with Crippen LogP contribution in [0.1, 0.15) is 61.9 Å². The number of carboxylic acid groups (broad SMARTS) is 1. The maximum absolute atomic E-state index is 10.7. The number of rotatable bonds is 9. The second-order valence-corrected chi connectivity index (χ2v) is 5.13. The third kappa shape index (κ3) is 6.39. The van der Waals surface area contributed by atoms with Crippen molar-refractivity contribution in [1.82, 2.24) is 5.32 Å². The molecule has 19 heavy (non-hydrogen) atoms. The van der Waals surface area contributed by atoms with Crippen LogP contribution in [-0.2, 0) is 6.54 Å². The normalized spacial score (nSPS) is 12.3. The van der Waals surface area contributed by atoms with E-state index >= 15 is 0 Å². The van der Waals surface area contributed by atoms with Crippen LogP contribution in [0.5, 0.6) is 0 Å². The molecule has 0 aliphatic carbocycles. The first-order valence-corrected chi connectivity index (χ1v) is 7.19. The number of unbranched alkanes of at least 4 members (excludes halogenated alkanes) is 3. The predicted molar refractivity (Wildman–Crippen MR) is 78.5 cm³/mol. The van der Waals surface area contributed by atoms with Crippen molar-refractivity contribution in [3.63, 3.8) is 0 Å². The third-order valence-electron chi connectivity index (χ3n) is 3.35. The van der Waals surface area contributed by atoms with Gasteiger partial charge in [0.1, 0.15) is 0 Å². The van der Waals surface area contributed by atoms with E-state index in [-0.39, 0.29) is 0 Å². The third-order valence-corrected chi connectivity index (χ3v) is 3.35. The first-order chi connectivity index (χ1) is 9.13. The van der Waals surface area contributed by atoms with Crippen LogP contribution < -0.4 is 5.32 Å². The molecule has 106 valence electrons. The molecule has 1 atom stereocenters. The van der Waals surface area contributed by atoms with Gasteiger partial charge in [-0.25, -0.2) is 4.79 Å². The summed E-state index contributed by atoms with van der Waals surface area (Å²) < 4.78 is 0. The van der Waals surface area contributed by atoms with Crippen molar-refractivity contribution in [2.45, 2.75) is 58.5 Å². The van der Waals surface area contributed by atoms with Crippen LogP contribution in [0.3, 0.4) is 0 Å². The monoisotopic (exact) mass is 263 g/mol. The summed E-state index contributed by atoms with van der Waals surface area (Å²) in [4.78, 5) is 10.7. The van der Waals surface area contributed by atoms with E-state index in [2.05, 4.69) is 19.2 Å². The summed E-state index contributed by atoms with van der Waals surface area (Å²) in [6.45, 7) is 5.23. The number of hydrogen-bond acceptors (Lipinski definition) is 2. The maximum Gasteiger partial charge on any atom is 0.335 e. The van der Waals surface area contributed by atoms with Crippen LogP contribution >= 0.6 is 0 Å². The van der Waals surface area contributed by atoms with Gasteiger partial charge in [-0.2, -0.15) is 0 Å². The van der Waals surface area contributed by atoms with Crippen molar-refractivity contribution in [3.8, 4) is 0 Å². The molecule has 0 bridgehead atoms. The molecule has 0 saturated heterocycles. The molecule has 1 rings (SSSR count). The molecule has 1 aromatic rings. The van der Waals surface area contributed by atoms with Crippen molar-refractivity contribution in [1.29, 1.82) is 0 Å². The van der Waals surface area contributed by atoms with Gasteiger partial charge in [0.05, 0.1) is 5.56 Å². The summed E-state index contributed by atoms with van der Waals surface area (Å²) in [6.07, 6.45) is 6.39. The van der Waals surface area contributed by atoms with Gasteiger partial charge in [0.2, 0.25) is 0 Å².